The molecular weight excluding hydrogens is 376 g/mol. The van der Waals surface area contributed by atoms with Crippen molar-refractivity contribution in [3.8, 4) is 0 Å². The smallest absolute Gasteiger partial charge is 0.265 e. The molecule has 154 valence electrons. The van der Waals surface area contributed by atoms with Crippen molar-refractivity contribution in [3.05, 3.63) is 84.4 Å². The van der Waals surface area contributed by atoms with Crippen LogP contribution in [0.15, 0.2) is 73.3 Å². The van der Waals surface area contributed by atoms with Gasteiger partial charge >= 0.3 is 0 Å². The van der Waals surface area contributed by atoms with Crippen molar-refractivity contribution in [1.29, 1.82) is 0 Å². The second-order valence-corrected chi connectivity index (χ2v) is 8.17. The first-order valence-electron chi connectivity index (χ1n) is 10.4. The Morgan fingerprint density at radius 3 is 2.20 bits per heavy atom. The molecule has 0 aliphatic heterocycles. The van der Waals surface area contributed by atoms with Gasteiger partial charge in [0, 0.05) is 5.10 Å². The molecule has 2 atom stereocenters. The number of primary amides is 1. The van der Waals surface area contributed by atoms with Crippen LogP contribution in [0, 0.1) is 5.92 Å². The SMILES string of the molecule is CC(=O)C[n+]1cnn(C2CCC(C(C(N)=O)(c3ccccc3)c3ccccc3)C2)c1. The third-order valence-corrected chi connectivity index (χ3v) is 6.24. The average Bonchev–Trinajstić information content (AvgIpc) is 3.40. The highest BCUT2D eigenvalue weighted by Crippen LogP contribution is 2.49. The molecule has 3 aromatic rings. The van der Waals surface area contributed by atoms with Crippen molar-refractivity contribution < 1.29 is 14.2 Å². The summed E-state index contributed by atoms with van der Waals surface area (Å²) in [5, 5.41) is 4.47. The van der Waals surface area contributed by atoms with E-state index in [9.17, 15) is 9.59 Å². The van der Waals surface area contributed by atoms with Gasteiger partial charge in [-0.3, -0.25) is 9.59 Å². The maximum atomic E-state index is 13.1. The predicted molar refractivity (Wildman–Crippen MR) is 112 cm³/mol. The van der Waals surface area contributed by atoms with Crippen molar-refractivity contribution in [2.24, 2.45) is 11.7 Å². The number of Topliss-reactive ketones (excluding diaryl/α,β-unsaturated/α-hetero) is 1. The Labute approximate surface area is 176 Å². The maximum absolute atomic E-state index is 13.1. The molecule has 6 heteroatoms. The van der Waals surface area contributed by atoms with Gasteiger partial charge in [-0.25, -0.2) is 4.57 Å². The number of amides is 1. The molecule has 1 amide bonds. The minimum absolute atomic E-state index is 0.0512. The van der Waals surface area contributed by atoms with Crippen LogP contribution in [0.4, 0.5) is 0 Å². The van der Waals surface area contributed by atoms with Crippen LogP contribution in [0.5, 0.6) is 0 Å². The van der Waals surface area contributed by atoms with Crippen molar-refractivity contribution in [3.63, 3.8) is 0 Å². The molecule has 30 heavy (non-hydrogen) atoms. The molecule has 0 radical (unpaired) electrons. The van der Waals surface area contributed by atoms with E-state index in [0.29, 0.717) is 6.54 Å². The molecule has 1 saturated carbocycles. The molecule has 1 aromatic heterocycles. The summed E-state index contributed by atoms with van der Waals surface area (Å²) < 4.78 is 3.72. The second-order valence-electron chi connectivity index (χ2n) is 8.17. The molecule has 1 heterocycles. The zero-order valence-electron chi connectivity index (χ0n) is 17.1. The first-order valence-corrected chi connectivity index (χ1v) is 10.4. The lowest BCUT2D eigenvalue weighted by molar-refractivity contribution is -0.685. The van der Waals surface area contributed by atoms with Crippen molar-refractivity contribution in [2.45, 2.75) is 44.2 Å². The quantitative estimate of drug-likeness (QED) is 0.616. The van der Waals surface area contributed by atoms with Gasteiger partial charge in [0.05, 0.1) is 0 Å². The normalized spacial score (nSPS) is 19.0. The number of carbonyl (C=O) groups excluding carboxylic acids is 2. The van der Waals surface area contributed by atoms with Crippen LogP contribution in [0.1, 0.15) is 43.4 Å². The van der Waals surface area contributed by atoms with E-state index in [2.05, 4.69) is 5.10 Å². The minimum atomic E-state index is -0.889. The molecule has 0 saturated heterocycles. The topological polar surface area (TPSA) is 81.9 Å². The van der Waals surface area contributed by atoms with Crippen LogP contribution in [-0.4, -0.2) is 21.5 Å². The predicted octanol–water partition coefficient (Wildman–Crippen LogP) is 2.57. The van der Waals surface area contributed by atoms with Gasteiger partial charge in [0.1, 0.15) is 18.0 Å². The number of nitrogens with zero attached hydrogens (tertiary/aromatic N) is 3. The summed E-state index contributed by atoms with van der Waals surface area (Å²) in [6, 6.07) is 19.9. The van der Waals surface area contributed by atoms with Gasteiger partial charge in [-0.1, -0.05) is 60.7 Å². The number of hydrogen-bond acceptors (Lipinski definition) is 3. The van der Waals surface area contributed by atoms with E-state index in [4.69, 9.17) is 5.73 Å². The highest BCUT2D eigenvalue weighted by Gasteiger charge is 2.51. The van der Waals surface area contributed by atoms with Gasteiger partial charge in [-0.15, -0.1) is 4.68 Å². The fraction of sp³-hybridized carbons (Fsp3) is 0.333. The summed E-state index contributed by atoms with van der Waals surface area (Å²) in [6.07, 6.45) is 6.12. The second kappa shape index (κ2) is 8.22. The number of hydrogen-bond donors (Lipinski definition) is 1. The van der Waals surface area contributed by atoms with Crippen LogP contribution >= 0.6 is 0 Å². The largest absolute Gasteiger partial charge is 0.369 e. The third kappa shape index (κ3) is 3.54. The minimum Gasteiger partial charge on any atom is -0.369 e. The zero-order chi connectivity index (χ0) is 21.1. The van der Waals surface area contributed by atoms with E-state index in [0.717, 1.165) is 30.4 Å². The van der Waals surface area contributed by atoms with E-state index in [1.807, 2.05) is 71.7 Å². The first kappa shape index (κ1) is 20.0. The van der Waals surface area contributed by atoms with Gasteiger partial charge in [0.2, 0.25) is 12.2 Å². The Bertz CT molecular complexity index is 990. The summed E-state index contributed by atoms with van der Waals surface area (Å²) in [7, 11) is 0. The number of aromatic nitrogens is 3. The molecule has 4 rings (SSSR count). The van der Waals surface area contributed by atoms with Gasteiger partial charge in [0.15, 0.2) is 5.78 Å². The van der Waals surface area contributed by atoms with Crippen LogP contribution < -0.4 is 10.3 Å². The highest BCUT2D eigenvalue weighted by atomic mass is 16.1. The summed E-state index contributed by atoms with van der Waals surface area (Å²) >= 11 is 0. The zero-order valence-corrected chi connectivity index (χ0v) is 17.1. The van der Waals surface area contributed by atoms with Gasteiger partial charge in [-0.05, 0) is 43.2 Å². The lowest BCUT2D eigenvalue weighted by Gasteiger charge is -2.37. The molecule has 2 unspecified atom stereocenters. The Balaban J connectivity index is 1.71. The Morgan fingerprint density at radius 1 is 1.07 bits per heavy atom. The van der Waals surface area contributed by atoms with Crippen molar-refractivity contribution in [2.75, 3.05) is 0 Å². The summed E-state index contributed by atoms with van der Waals surface area (Å²) in [5.74, 6) is -0.183. The average molecular weight is 404 g/mol. The molecule has 0 bridgehead atoms. The molecule has 2 N–H and O–H groups in total. The number of nitrogens with two attached hydrogens (primary N) is 1. The number of ketones is 1. The fourth-order valence-corrected chi connectivity index (χ4v) is 4.98. The first-order chi connectivity index (χ1) is 14.5. The lowest BCUT2D eigenvalue weighted by atomic mass is 9.64. The van der Waals surface area contributed by atoms with Crippen LogP contribution in [0.3, 0.4) is 0 Å². The molecule has 0 spiro atoms. The van der Waals surface area contributed by atoms with E-state index in [-0.39, 0.29) is 23.7 Å². The summed E-state index contributed by atoms with van der Waals surface area (Å²) in [6.45, 7) is 1.88. The van der Waals surface area contributed by atoms with Crippen molar-refractivity contribution in [1.82, 2.24) is 9.78 Å². The van der Waals surface area contributed by atoms with Crippen LogP contribution in [0.25, 0.3) is 0 Å². The Hall–Kier alpha value is -3.28. The van der Waals surface area contributed by atoms with E-state index in [1.54, 1.807) is 17.8 Å². The van der Waals surface area contributed by atoms with Crippen LogP contribution in [-0.2, 0) is 21.5 Å². The standard InChI is InChI=1S/C24H26N4O2/c1-18(29)15-27-16-26-28(17-27)22-13-12-21(14-22)24(23(25)30,19-8-4-2-5-9-19)20-10-6-3-7-11-20/h2-11,16-17,21-22H,12-15H2,1H3,(H-,25,30)/p+1. The molecule has 2 aromatic carbocycles. The Morgan fingerprint density at radius 2 is 1.67 bits per heavy atom. The molecule has 1 aliphatic rings. The summed E-state index contributed by atoms with van der Waals surface area (Å²) in [4.78, 5) is 24.5. The Kier molecular flexibility index (Phi) is 5.48. The van der Waals surface area contributed by atoms with E-state index in [1.165, 1.54) is 0 Å². The molecule has 6 nitrogen and oxygen atoms in total. The highest BCUT2D eigenvalue weighted by molar-refractivity contribution is 5.91. The van der Waals surface area contributed by atoms with Gasteiger partial charge in [0.25, 0.3) is 6.33 Å². The summed E-state index contributed by atoms with van der Waals surface area (Å²) in [5.41, 5.74) is 7.13. The molecule has 1 aliphatic carbocycles. The number of carbonyl (C=O) groups is 2. The number of benzene rings is 2. The van der Waals surface area contributed by atoms with Gasteiger partial charge in [-0.2, -0.15) is 0 Å². The van der Waals surface area contributed by atoms with Crippen LogP contribution in [0.2, 0.25) is 0 Å². The fourth-order valence-electron chi connectivity index (χ4n) is 4.98. The van der Waals surface area contributed by atoms with E-state index < -0.39 is 5.41 Å². The lowest BCUT2D eigenvalue weighted by Crippen LogP contribution is -2.47. The van der Waals surface area contributed by atoms with Crippen molar-refractivity contribution >= 4 is 11.7 Å². The third-order valence-electron chi connectivity index (χ3n) is 6.24. The monoisotopic (exact) mass is 403 g/mol. The maximum Gasteiger partial charge on any atom is 0.265 e. The van der Waals surface area contributed by atoms with Gasteiger partial charge < -0.3 is 5.73 Å². The number of rotatable bonds is 7. The molecular formula is C24H27N4O2+. The van der Waals surface area contributed by atoms with E-state index >= 15 is 0 Å². The molecule has 1 fully saturated rings.